The minimum atomic E-state index is -2.73. The molecule has 0 aromatic heterocycles. The zero-order valence-corrected chi connectivity index (χ0v) is 5.96. The number of hydrogen-bond acceptors (Lipinski definition) is 1. The summed E-state index contributed by atoms with van der Waals surface area (Å²) in [5, 5.41) is 0. The average molecular weight is 161 g/mol. The fourth-order valence-electron chi connectivity index (χ4n) is 1.35. The summed E-state index contributed by atoms with van der Waals surface area (Å²) in [5.41, 5.74) is 0. The first-order valence-electron chi connectivity index (χ1n) is 3.54. The van der Waals surface area contributed by atoms with Gasteiger partial charge in [-0.15, -0.1) is 0 Å². The fourth-order valence-corrected chi connectivity index (χ4v) is 1.35. The molecule has 0 N–H and O–H groups in total. The Labute approximate surface area is 64.0 Å². The summed E-state index contributed by atoms with van der Waals surface area (Å²) in [7, 11) is 0. The molecule has 0 aromatic rings. The van der Waals surface area contributed by atoms with Crippen molar-refractivity contribution in [1.82, 2.24) is 0 Å². The summed E-state index contributed by atoms with van der Waals surface area (Å²) in [4.78, 5) is 3.21. The number of hydrogen-bond donors (Lipinski definition) is 0. The van der Waals surface area contributed by atoms with E-state index in [-0.39, 0.29) is 6.04 Å². The molecule has 1 saturated carbocycles. The molecule has 0 saturated heterocycles. The third-order valence-electron chi connectivity index (χ3n) is 1.86. The maximum atomic E-state index is 11.7. The van der Waals surface area contributed by atoms with Crippen LogP contribution in [0.3, 0.4) is 0 Å². The first-order chi connectivity index (χ1) is 5.24. The van der Waals surface area contributed by atoms with Crippen molar-refractivity contribution in [2.45, 2.75) is 38.0 Å². The highest BCUT2D eigenvalue weighted by atomic mass is 19.3. The van der Waals surface area contributed by atoms with E-state index in [1.165, 1.54) is 0 Å². The Hall–Kier alpha value is -0.690. The Morgan fingerprint density at radius 3 is 2.73 bits per heavy atom. The zero-order chi connectivity index (χ0) is 8.27. The lowest BCUT2D eigenvalue weighted by Crippen LogP contribution is -2.22. The van der Waals surface area contributed by atoms with Gasteiger partial charge < -0.3 is 9.58 Å². The van der Waals surface area contributed by atoms with Gasteiger partial charge in [0.2, 0.25) is 6.04 Å². The molecule has 0 spiro atoms. The lowest BCUT2D eigenvalue weighted by atomic mass is 10.2. The summed E-state index contributed by atoms with van der Waals surface area (Å²) in [6.45, 7) is 3.94. The summed E-state index contributed by atoms with van der Waals surface area (Å²) in [5.74, 6) is 0. The van der Waals surface area contributed by atoms with Crippen LogP contribution in [0.4, 0.5) is 8.78 Å². The Balaban J connectivity index is 2.39. The van der Waals surface area contributed by atoms with E-state index in [0.29, 0.717) is 12.8 Å². The maximum absolute atomic E-state index is 11.7. The van der Waals surface area contributed by atoms with Crippen molar-refractivity contribution in [3.05, 3.63) is 11.4 Å². The van der Waals surface area contributed by atoms with E-state index in [9.17, 15) is 8.78 Å². The van der Waals surface area contributed by atoms with Gasteiger partial charge >= 0.3 is 6.61 Å². The highest BCUT2D eigenvalue weighted by Gasteiger charge is 2.34. The summed E-state index contributed by atoms with van der Waals surface area (Å²) < 4.78 is 27.6. The summed E-state index contributed by atoms with van der Waals surface area (Å²) in [6, 6.07) is -0.344. The number of nitrogens with zero attached hydrogens (tertiary/aromatic N) is 1. The van der Waals surface area contributed by atoms with Crippen molar-refractivity contribution in [2.75, 3.05) is 0 Å². The second-order valence-electron chi connectivity index (χ2n) is 2.56. The first-order valence-corrected chi connectivity index (χ1v) is 3.54. The van der Waals surface area contributed by atoms with Crippen molar-refractivity contribution in [1.29, 1.82) is 0 Å². The van der Waals surface area contributed by atoms with Crippen molar-refractivity contribution >= 4 is 0 Å². The summed E-state index contributed by atoms with van der Waals surface area (Å²) in [6.07, 6.45) is 1.58. The predicted molar refractivity (Wildman–Crippen MR) is 35.1 cm³/mol. The van der Waals surface area contributed by atoms with E-state index < -0.39 is 12.7 Å². The van der Waals surface area contributed by atoms with Crippen LogP contribution in [-0.2, 0) is 4.74 Å². The highest BCUT2D eigenvalue weighted by molar-refractivity contribution is 4.91. The van der Waals surface area contributed by atoms with Crippen LogP contribution in [-0.4, -0.2) is 18.8 Å². The van der Waals surface area contributed by atoms with E-state index >= 15 is 0 Å². The van der Waals surface area contributed by atoms with Crippen molar-refractivity contribution < 1.29 is 13.5 Å². The molecule has 0 aromatic carbocycles. The van der Waals surface area contributed by atoms with E-state index in [1.807, 2.05) is 0 Å². The van der Waals surface area contributed by atoms with Crippen LogP contribution in [0.5, 0.6) is 0 Å². The largest absolute Gasteiger partial charge is 0.345 e. The Morgan fingerprint density at radius 2 is 2.18 bits per heavy atom. The molecule has 2 unspecified atom stereocenters. The van der Waals surface area contributed by atoms with Crippen LogP contribution < -0.4 is 0 Å². The fraction of sp³-hybridized carbons (Fsp3) is 0.857. The van der Waals surface area contributed by atoms with Crippen molar-refractivity contribution in [3.8, 4) is 0 Å². The minimum Gasteiger partial charge on any atom is -0.311 e. The molecular formula is C7H9F2NO. The molecule has 2 atom stereocenters. The van der Waals surface area contributed by atoms with Gasteiger partial charge in [0.05, 0.1) is 0 Å². The summed E-state index contributed by atoms with van der Waals surface area (Å²) >= 11 is 0. The number of halogens is 2. The van der Waals surface area contributed by atoms with E-state index in [2.05, 4.69) is 9.58 Å². The lowest BCUT2D eigenvalue weighted by molar-refractivity contribution is -0.161. The zero-order valence-electron chi connectivity index (χ0n) is 5.96. The molecule has 0 heterocycles. The van der Waals surface area contributed by atoms with Crippen LogP contribution in [0, 0.1) is 6.57 Å². The van der Waals surface area contributed by atoms with Gasteiger partial charge in [-0.25, -0.2) is 6.57 Å². The Kier molecular flexibility index (Phi) is 2.77. The molecule has 2 nitrogen and oxygen atoms in total. The van der Waals surface area contributed by atoms with Gasteiger partial charge in [0.1, 0.15) is 6.10 Å². The van der Waals surface area contributed by atoms with E-state index in [0.717, 1.165) is 6.42 Å². The Bertz CT molecular complexity index is 166. The number of ether oxygens (including phenoxy) is 1. The molecule has 1 rings (SSSR count). The van der Waals surface area contributed by atoms with Gasteiger partial charge in [-0.05, 0) is 12.8 Å². The molecule has 0 amide bonds. The van der Waals surface area contributed by atoms with Gasteiger partial charge in [0, 0.05) is 6.42 Å². The van der Waals surface area contributed by atoms with Gasteiger partial charge in [0.25, 0.3) is 0 Å². The van der Waals surface area contributed by atoms with Crippen LogP contribution in [0.2, 0.25) is 0 Å². The first kappa shape index (κ1) is 8.41. The standard InChI is InChI=1S/C7H9F2NO/c1-10-5-3-2-4-6(5)11-7(8)9/h5-7H,2-4H2. The van der Waals surface area contributed by atoms with Gasteiger partial charge in [-0.1, -0.05) is 0 Å². The molecule has 0 radical (unpaired) electrons. The predicted octanol–water partition coefficient (Wildman–Crippen LogP) is 2.07. The molecule has 11 heavy (non-hydrogen) atoms. The minimum absolute atomic E-state index is 0.344. The number of rotatable bonds is 2. The van der Waals surface area contributed by atoms with Crippen LogP contribution in [0.15, 0.2) is 0 Å². The molecule has 1 aliphatic carbocycles. The van der Waals surface area contributed by atoms with Gasteiger partial charge in [-0.2, -0.15) is 8.78 Å². The molecule has 0 aliphatic heterocycles. The van der Waals surface area contributed by atoms with Crippen molar-refractivity contribution in [2.24, 2.45) is 0 Å². The molecule has 62 valence electrons. The maximum Gasteiger partial charge on any atom is 0.345 e. The second kappa shape index (κ2) is 3.63. The smallest absolute Gasteiger partial charge is 0.311 e. The third kappa shape index (κ3) is 2.12. The molecule has 0 bridgehead atoms. The quantitative estimate of drug-likeness (QED) is 0.565. The number of alkyl halides is 2. The topological polar surface area (TPSA) is 13.6 Å². The SMILES string of the molecule is [C-]#[N+]C1CCCC1OC(F)F. The van der Waals surface area contributed by atoms with E-state index in [1.54, 1.807) is 0 Å². The second-order valence-corrected chi connectivity index (χ2v) is 2.56. The molecule has 1 aliphatic rings. The Morgan fingerprint density at radius 1 is 1.45 bits per heavy atom. The third-order valence-corrected chi connectivity index (χ3v) is 1.86. The average Bonchev–Trinajstić information content (AvgIpc) is 2.34. The van der Waals surface area contributed by atoms with Gasteiger partial charge in [-0.3, -0.25) is 0 Å². The van der Waals surface area contributed by atoms with E-state index in [4.69, 9.17) is 6.57 Å². The van der Waals surface area contributed by atoms with Crippen LogP contribution in [0.25, 0.3) is 4.85 Å². The molecule has 1 fully saturated rings. The van der Waals surface area contributed by atoms with Gasteiger partial charge in [0.15, 0.2) is 0 Å². The van der Waals surface area contributed by atoms with Crippen molar-refractivity contribution in [3.63, 3.8) is 0 Å². The van der Waals surface area contributed by atoms with Crippen LogP contribution >= 0.6 is 0 Å². The molecular weight excluding hydrogens is 152 g/mol. The molecule has 4 heteroatoms. The monoisotopic (exact) mass is 161 g/mol. The highest BCUT2D eigenvalue weighted by Crippen LogP contribution is 2.26. The normalized spacial score (nSPS) is 30.7. The lowest BCUT2D eigenvalue weighted by Gasteiger charge is -2.09. The van der Waals surface area contributed by atoms with Crippen LogP contribution in [0.1, 0.15) is 19.3 Å².